The molecule has 1 aromatic carbocycles. The number of hydrogen-bond donors (Lipinski definition) is 2. The van der Waals surface area contributed by atoms with Crippen molar-refractivity contribution < 1.29 is 4.79 Å². The van der Waals surface area contributed by atoms with Crippen LogP contribution in [0.3, 0.4) is 0 Å². The summed E-state index contributed by atoms with van der Waals surface area (Å²) in [6.45, 7) is 11.9. The first-order chi connectivity index (χ1) is 11.7. The van der Waals surface area contributed by atoms with Crippen molar-refractivity contribution in [3.05, 3.63) is 35.4 Å². The Morgan fingerprint density at radius 1 is 1.12 bits per heavy atom. The van der Waals surface area contributed by atoms with Gasteiger partial charge in [0.25, 0.3) is 0 Å². The molecule has 0 fully saturated rings. The van der Waals surface area contributed by atoms with E-state index >= 15 is 0 Å². The zero-order chi connectivity index (χ0) is 18.9. The van der Waals surface area contributed by atoms with Crippen molar-refractivity contribution in [1.29, 1.82) is 0 Å². The maximum atomic E-state index is 12.1. The first-order valence-electron chi connectivity index (χ1n) is 9.13. The minimum atomic E-state index is -0.224. The number of rotatable bonds is 7. The zero-order valence-electron chi connectivity index (χ0n) is 16.6. The molecule has 0 aliphatic rings. The van der Waals surface area contributed by atoms with E-state index in [9.17, 15) is 4.79 Å². The molecule has 0 radical (unpaired) electrons. The second-order valence-electron chi connectivity index (χ2n) is 7.31. The van der Waals surface area contributed by atoms with Gasteiger partial charge >= 0.3 is 0 Å². The quantitative estimate of drug-likeness (QED) is 0.589. The molecule has 1 aromatic rings. The maximum Gasteiger partial charge on any atom is 0.240 e. The molecule has 5 heteroatoms. The summed E-state index contributed by atoms with van der Waals surface area (Å²) in [6, 6.07) is 8.68. The Labute approximate surface area is 152 Å². The van der Waals surface area contributed by atoms with Crippen LogP contribution in [0.2, 0.25) is 0 Å². The number of carbonyl (C=O) groups excluding carboxylic acids is 1. The second-order valence-corrected chi connectivity index (χ2v) is 7.31. The first kappa shape index (κ1) is 21.0. The van der Waals surface area contributed by atoms with Gasteiger partial charge in [0.15, 0.2) is 5.96 Å². The monoisotopic (exact) mass is 346 g/mol. The Hall–Kier alpha value is -2.04. The third kappa shape index (κ3) is 8.57. The molecule has 0 unspecified atom stereocenters. The number of aliphatic imine (C=N–C) groups is 1. The fourth-order valence-corrected chi connectivity index (χ4v) is 2.45. The minimum absolute atomic E-state index is 0.00393. The van der Waals surface area contributed by atoms with Crippen LogP contribution in [-0.2, 0) is 17.6 Å². The average molecular weight is 347 g/mol. The molecule has 1 rings (SSSR count). The van der Waals surface area contributed by atoms with Crippen LogP contribution in [0.5, 0.6) is 0 Å². The number of amides is 1. The van der Waals surface area contributed by atoms with Crippen LogP contribution in [0.1, 0.15) is 45.7 Å². The van der Waals surface area contributed by atoms with Gasteiger partial charge in [-0.25, -0.2) is 0 Å². The van der Waals surface area contributed by atoms with Gasteiger partial charge in [0.1, 0.15) is 0 Å². The van der Waals surface area contributed by atoms with E-state index in [1.54, 1.807) is 0 Å². The van der Waals surface area contributed by atoms with Crippen molar-refractivity contribution in [3.8, 4) is 0 Å². The van der Waals surface area contributed by atoms with Crippen LogP contribution >= 0.6 is 0 Å². The van der Waals surface area contributed by atoms with Crippen LogP contribution in [0.15, 0.2) is 29.3 Å². The fourth-order valence-electron chi connectivity index (χ4n) is 2.45. The lowest BCUT2D eigenvalue weighted by atomic mass is 10.1. The predicted molar refractivity (Wildman–Crippen MR) is 106 cm³/mol. The van der Waals surface area contributed by atoms with E-state index in [1.165, 1.54) is 11.1 Å². The minimum Gasteiger partial charge on any atom is -0.357 e. The van der Waals surface area contributed by atoms with Gasteiger partial charge in [0.2, 0.25) is 5.91 Å². The third-order valence-electron chi connectivity index (χ3n) is 3.68. The van der Waals surface area contributed by atoms with Gasteiger partial charge in [-0.2, -0.15) is 0 Å². The van der Waals surface area contributed by atoms with Gasteiger partial charge in [0.05, 0.1) is 6.54 Å². The highest BCUT2D eigenvalue weighted by molar-refractivity contribution is 5.86. The van der Waals surface area contributed by atoms with Gasteiger partial charge in [-0.1, -0.05) is 31.2 Å². The molecule has 25 heavy (non-hydrogen) atoms. The lowest BCUT2D eigenvalue weighted by molar-refractivity contribution is -0.122. The number of guanidine groups is 1. The van der Waals surface area contributed by atoms with Crippen molar-refractivity contribution >= 4 is 11.9 Å². The van der Waals surface area contributed by atoms with Crippen LogP contribution in [0, 0.1) is 0 Å². The van der Waals surface area contributed by atoms with Crippen molar-refractivity contribution in [2.24, 2.45) is 4.99 Å². The van der Waals surface area contributed by atoms with E-state index in [0.717, 1.165) is 25.3 Å². The van der Waals surface area contributed by atoms with Gasteiger partial charge in [-0.05, 0) is 51.7 Å². The van der Waals surface area contributed by atoms with Crippen LogP contribution < -0.4 is 10.6 Å². The molecule has 0 heterocycles. The Morgan fingerprint density at radius 2 is 1.72 bits per heavy atom. The molecular formula is C20H34N4O. The molecule has 5 nitrogen and oxygen atoms in total. The van der Waals surface area contributed by atoms with E-state index in [1.807, 2.05) is 39.6 Å². The number of likely N-dealkylation sites (N-methyl/N-ethyl adjacent to an activating group) is 1. The third-order valence-corrected chi connectivity index (χ3v) is 3.68. The first-order valence-corrected chi connectivity index (χ1v) is 9.13. The number of benzene rings is 1. The summed E-state index contributed by atoms with van der Waals surface area (Å²) in [4.78, 5) is 18.6. The lowest BCUT2D eigenvalue weighted by Crippen LogP contribution is -2.48. The summed E-state index contributed by atoms with van der Waals surface area (Å²) in [5.74, 6) is 0.757. The Balaban J connectivity index is 2.60. The Kier molecular flexibility index (Phi) is 8.46. The summed E-state index contributed by atoms with van der Waals surface area (Å²) < 4.78 is 0. The van der Waals surface area contributed by atoms with Crippen molar-refractivity contribution in [3.63, 3.8) is 0 Å². The Morgan fingerprint density at radius 3 is 2.24 bits per heavy atom. The summed E-state index contributed by atoms with van der Waals surface area (Å²) in [5.41, 5.74) is 2.41. The summed E-state index contributed by atoms with van der Waals surface area (Å²) in [5, 5.41) is 6.23. The lowest BCUT2D eigenvalue weighted by Gasteiger charge is -2.25. The van der Waals surface area contributed by atoms with Crippen molar-refractivity contribution in [2.45, 2.75) is 53.0 Å². The summed E-state index contributed by atoms with van der Waals surface area (Å²) in [7, 11) is 1.89. The van der Waals surface area contributed by atoms with Crippen LogP contribution in [0.4, 0.5) is 0 Å². The van der Waals surface area contributed by atoms with Crippen LogP contribution in [0.25, 0.3) is 0 Å². The van der Waals surface area contributed by atoms with E-state index in [-0.39, 0.29) is 18.0 Å². The molecule has 0 aliphatic heterocycles. The van der Waals surface area contributed by atoms with Crippen molar-refractivity contribution in [1.82, 2.24) is 15.5 Å². The smallest absolute Gasteiger partial charge is 0.240 e. The standard InChI is InChI=1S/C20H34N4O/c1-7-16-9-11-17(12-10-16)13-14-22-19(21-8-2)24(6)15-18(25)23-20(3,4)5/h9-12H,7-8,13-15H2,1-6H3,(H,21,22)(H,23,25). The van der Waals surface area contributed by atoms with E-state index in [0.29, 0.717) is 6.54 Å². The van der Waals surface area contributed by atoms with Crippen molar-refractivity contribution in [2.75, 3.05) is 26.7 Å². The summed E-state index contributed by atoms with van der Waals surface area (Å²) in [6.07, 6.45) is 1.95. The zero-order valence-corrected chi connectivity index (χ0v) is 16.6. The summed E-state index contributed by atoms with van der Waals surface area (Å²) >= 11 is 0. The van der Waals surface area contributed by atoms with Gasteiger partial charge in [-0.3, -0.25) is 9.79 Å². The molecule has 2 N–H and O–H groups in total. The predicted octanol–water partition coefficient (Wildman–Crippen LogP) is 2.60. The van der Waals surface area contributed by atoms with Gasteiger partial charge < -0.3 is 15.5 Å². The molecular weight excluding hydrogens is 312 g/mol. The van der Waals surface area contributed by atoms with Gasteiger partial charge in [0, 0.05) is 25.7 Å². The molecule has 0 aliphatic carbocycles. The van der Waals surface area contributed by atoms with E-state index in [4.69, 9.17) is 0 Å². The normalized spacial score (nSPS) is 12.0. The Bertz CT molecular complexity index is 558. The number of nitrogens with zero attached hydrogens (tertiary/aromatic N) is 2. The average Bonchev–Trinajstić information content (AvgIpc) is 2.52. The second kappa shape index (κ2) is 10.1. The topological polar surface area (TPSA) is 56.7 Å². The molecule has 0 bridgehead atoms. The number of carbonyl (C=O) groups is 1. The van der Waals surface area contributed by atoms with Crippen LogP contribution in [-0.4, -0.2) is 49.0 Å². The molecule has 140 valence electrons. The van der Waals surface area contributed by atoms with Gasteiger partial charge in [-0.15, -0.1) is 0 Å². The highest BCUT2D eigenvalue weighted by atomic mass is 16.2. The largest absolute Gasteiger partial charge is 0.357 e. The highest BCUT2D eigenvalue weighted by Crippen LogP contribution is 2.06. The maximum absolute atomic E-state index is 12.1. The molecule has 0 saturated carbocycles. The SMILES string of the molecule is CCNC(=NCCc1ccc(CC)cc1)N(C)CC(=O)NC(C)(C)C. The molecule has 0 saturated heterocycles. The fraction of sp³-hybridized carbons (Fsp3) is 0.600. The highest BCUT2D eigenvalue weighted by Gasteiger charge is 2.16. The number of nitrogens with one attached hydrogen (secondary N) is 2. The number of aryl methyl sites for hydroxylation is 1. The van der Waals surface area contributed by atoms with E-state index in [2.05, 4.69) is 46.8 Å². The molecule has 0 spiro atoms. The molecule has 0 atom stereocenters. The van der Waals surface area contributed by atoms with E-state index < -0.39 is 0 Å². The molecule has 1 amide bonds. The molecule has 0 aromatic heterocycles. The number of hydrogen-bond acceptors (Lipinski definition) is 2.